The zero-order chi connectivity index (χ0) is 38.9. The Bertz CT molecular complexity index is 3120. The van der Waals surface area contributed by atoms with Crippen LogP contribution in [0.3, 0.4) is 0 Å². The molecule has 0 fully saturated rings. The second-order valence-electron chi connectivity index (χ2n) is 13.7. The lowest BCUT2D eigenvalue weighted by Crippen LogP contribution is -2.09. The second kappa shape index (κ2) is 14.4. The fourth-order valence-corrected chi connectivity index (χ4v) is 8.09. The summed E-state index contributed by atoms with van der Waals surface area (Å²) in [4.78, 5) is 0. The van der Waals surface area contributed by atoms with E-state index in [4.69, 9.17) is 0 Å². The number of benzene rings is 8. The summed E-state index contributed by atoms with van der Waals surface area (Å²) in [5.74, 6) is 0. The molecule has 0 spiro atoms. The molecule has 0 saturated heterocycles. The van der Waals surface area contributed by atoms with Crippen molar-refractivity contribution in [3.8, 4) is 63.3 Å². The maximum atomic E-state index is 11.2. The van der Waals surface area contributed by atoms with Crippen LogP contribution in [0.4, 0.5) is 0 Å². The first-order valence-electron chi connectivity index (χ1n) is 18.4. The molecule has 0 aliphatic heterocycles. The van der Waals surface area contributed by atoms with Gasteiger partial charge in [-0.05, 0) is 73.6 Å². The molecule has 8 aromatic carbocycles. The minimum atomic E-state index is 0.00360. The molecular weight excluding hydrogens is 695 g/mol. The van der Waals surface area contributed by atoms with Gasteiger partial charge in [0.15, 0.2) is 0 Å². The molecule has 0 aliphatic carbocycles. The normalized spacial score (nSPS) is 10.7. The van der Waals surface area contributed by atoms with Crippen molar-refractivity contribution >= 4 is 43.4 Å². The van der Waals surface area contributed by atoms with Gasteiger partial charge in [-0.15, -0.1) is 0 Å². The number of aromatic nitrogens is 1. The third-order valence-corrected chi connectivity index (χ3v) is 10.6. The zero-order valence-corrected chi connectivity index (χ0v) is 30.5. The summed E-state index contributed by atoms with van der Waals surface area (Å²) >= 11 is 0. The van der Waals surface area contributed by atoms with E-state index in [0.29, 0.717) is 16.6 Å². The van der Waals surface area contributed by atoms with Crippen molar-refractivity contribution in [2.24, 2.45) is 0 Å². The van der Waals surface area contributed by atoms with Crippen LogP contribution in [0.15, 0.2) is 176 Å². The van der Waals surface area contributed by atoms with Gasteiger partial charge in [0.2, 0.25) is 0 Å². The maximum Gasteiger partial charge on any atom is 0.103 e. The number of nitriles is 4. The van der Waals surface area contributed by atoms with Crippen LogP contribution in [0.2, 0.25) is 0 Å². The Labute approximate surface area is 329 Å². The Morgan fingerprint density at radius 2 is 0.632 bits per heavy atom. The number of rotatable bonds is 4. The van der Waals surface area contributed by atoms with E-state index >= 15 is 0 Å². The van der Waals surface area contributed by atoms with E-state index in [0.717, 1.165) is 54.6 Å². The van der Waals surface area contributed by atoms with E-state index < -0.39 is 0 Å². The summed E-state index contributed by atoms with van der Waals surface area (Å²) in [6.45, 7) is 0. The van der Waals surface area contributed by atoms with Crippen LogP contribution in [-0.4, -0.2) is 4.57 Å². The Kier molecular flexibility index (Phi) is 8.66. The van der Waals surface area contributed by atoms with Crippen molar-refractivity contribution in [1.82, 2.24) is 4.57 Å². The average Bonchev–Trinajstić information content (AvgIpc) is 3.33. The summed E-state index contributed by atoms with van der Waals surface area (Å²) in [6.07, 6.45) is 0. The zero-order valence-electron chi connectivity index (χ0n) is 30.5. The highest BCUT2D eigenvalue weighted by molar-refractivity contribution is 6.20. The molecule has 9 aromatic rings. The third kappa shape index (κ3) is 5.69. The minimum Gasteiger partial charge on any atom is -0.307 e. The van der Waals surface area contributed by atoms with Crippen molar-refractivity contribution in [3.05, 3.63) is 198 Å². The fraction of sp³-hybridized carbons (Fsp3) is 0. The summed E-state index contributed by atoms with van der Waals surface area (Å²) in [7, 11) is 0. The summed E-state index contributed by atoms with van der Waals surface area (Å²) in [5, 5.41) is 49.8. The number of nitrogens with zero attached hydrogens (tertiary/aromatic N) is 5. The van der Waals surface area contributed by atoms with Gasteiger partial charge in [-0.3, -0.25) is 0 Å². The smallest absolute Gasteiger partial charge is 0.103 e. The van der Waals surface area contributed by atoms with E-state index in [9.17, 15) is 21.0 Å². The highest BCUT2D eigenvalue weighted by atomic mass is 15.0. The highest BCUT2D eigenvalue weighted by Crippen LogP contribution is 2.42. The largest absolute Gasteiger partial charge is 0.307 e. The van der Waals surface area contributed by atoms with E-state index in [1.807, 2.05) is 108 Å². The molecule has 0 atom stereocenters. The monoisotopic (exact) mass is 723 g/mol. The predicted molar refractivity (Wildman–Crippen MR) is 229 cm³/mol. The molecule has 0 saturated carbocycles. The lowest BCUT2D eigenvalue weighted by molar-refractivity contribution is 1.14. The van der Waals surface area contributed by atoms with Gasteiger partial charge in [0.25, 0.3) is 0 Å². The lowest BCUT2D eigenvalue weighted by atomic mass is 9.87. The van der Waals surface area contributed by atoms with Crippen molar-refractivity contribution in [2.45, 2.75) is 0 Å². The van der Waals surface area contributed by atoms with Gasteiger partial charge < -0.3 is 4.57 Å². The van der Waals surface area contributed by atoms with Crippen LogP contribution in [0.25, 0.3) is 82.4 Å². The quantitative estimate of drug-likeness (QED) is 0.180. The first kappa shape index (κ1) is 34.3. The van der Waals surface area contributed by atoms with Crippen LogP contribution >= 0.6 is 0 Å². The van der Waals surface area contributed by atoms with Gasteiger partial charge in [0.1, 0.15) is 24.3 Å². The Balaban J connectivity index is 1.62. The minimum absolute atomic E-state index is 0.00360. The highest BCUT2D eigenvalue weighted by Gasteiger charge is 2.28. The van der Waals surface area contributed by atoms with Crippen molar-refractivity contribution in [2.75, 3.05) is 0 Å². The predicted octanol–water partition coefficient (Wildman–Crippen LogP) is 12.7. The fourth-order valence-electron chi connectivity index (χ4n) is 8.09. The lowest BCUT2D eigenvalue weighted by Gasteiger charge is -2.21. The maximum absolute atomic E-state index is 11.2. The van der Waals surface area contributed by atoms with Crippen LogP contribution in [-0.2, 0) is 0 Å². The summed E-state index contributed by atoms with van der Waals surface area (Å²) < 4.78 is 1.93. The molecule has 0 amide bonds. The van der Waals surface area contributed by atoms with Crippen molar-refractivity contribution in [1.29, 1.82) is 21.0 Å². The van der Waals surface area contributed by atoms with Crippen LogP contribution in [0, 0.1) is 45.3 Å². The summed E-state index contributed by atoms with van der Waals surface area (Å²) in [5.41, 5.74) is 6.43. The standard InChI is InChI=1S/C52H29N5/c53-30-45-47(32-55)52(48(33-56)46(31-54)51(45)36-18-8-3-9-19-36)57-49-26-24-37(34-14-4-1-5-15-34)28-43(49)41-22-12-10-20-39(41)40-21-11-13-23-42(40)44-29-38(25-27-50(44)57)35-16-6-2-7-17-35/h1-29H. The number of fused-ring (bicyclic) bond motifs is 7. The summed E-state index contributed by atoms with van der Waals surface area (Å²) in [6, 6.07) is 67.5. The molecule has 0 aliphatic rings. The molecule has 0 unspecified atom stereocenters. The molecule has 1 aromatic heterocycles. The molecule has 0 N–H and O–H groups in total. The number of hydrogen-bond donors (Lipinski definition) is 0. The van der Waals surface area contributed by atoms with Gasteiger partial charge in [-0.25, -0.2) is 0 Å². The van der Waals surface area contributed by atoms with Crippen molar-refractivity contribution in [3.63, 3.8) is 0 Å². The Morgan fingerprint density at radius 3 is 1.00 bits per heavy atom. The van der Waals surface area contributed by atoms with Crippen molar-refractivity contribution < 1.29 is 0 Å². The van der Waals surface area contributed by atoms with Gasteiger partial charge in [0, 0.05) is 16.3 Å². The van der Waals surface area contributed by atoms with E-state index in [1.54, 1.807) is 12.1 Å². The molecule has 262 valence electrons. The Hall–Kier alpha value is -8.48. The topological polar surface area (TPSA) is 100 Å². The van der Waals surface area contributed by atoms with Gasteiger partial charge in [-0.1, -0.05) is 152 Å². The molecule has 9 rings (SSSR count). The Morgan fingerprint density at radius 1 is 0.298 bits per heavy atom. The van der Waals surface area contributed by atoms with E-state index in [2.05, 4.69) is 84.9 Å². The molecule has 57 heavy (non-hydrogen) atoms. The molecule has 5 heteroatoms. The van der Waals surface area contributed by atoms with Crippen LogP contribution in [0.5, 0.6) is 0 Å². The van der Waals surface area contributed by atoms with E-state index in [1.165, 1.54) is 0 Å². The first-order valence-corrected chi connectivity index (χ1v) is 18.4. The van der Waals surface area contributed by atoms with Gasteiger partial charge in [-0.2, -0.15) is 21.0 Å². The van der Waals surface area contributed by atoms with Crippen LogP contribution < -0.4 is 0 Å². The molecule has 0 radical (unpaired) electrons. The van der Waals surface area contributed by atoms with Gasteiger partial charge in [0.05, 0.1) is 39.0 Å². The van der Waals surface area contributed by atoms with E-state index in [-0.39, 0.29) is 33.5 Å². The second-order valence-corrected chi connectivity index (χ2v) is 13.7. The molecular formula is C52H29N5. The molecule has 5 nitrogen and oxygen atoms in total. The molecule has 1 heterocycles. The number of hydrogen-bond acceptors (Lipinski definition) is 4. The SMILES string of the molecule is N#Cc1c(C#N)c(-n2c3ccc(-c4ccccc4)cc3c3ccccc3c3ccccc3c3cc(-c4ccccc4)ccc32)c(C#N)c(C#N)c1-c1ccccc1. The third-order valence-electron chi connectivity index (χ3n) is 10.6. The first-order chi connectivity index (χ1) is 28.1. The van der Waals surface area contributed by atoms with Gasteiger partial charge >= 0.3 is 0 Å². The average molecular weight is 724 g/mol. The van der Waals surface area contributed by atoms with Crippen LogP contribution in [0.1, 0.15) is 22.3 Å². The molecule has 0 bridgehead atoms.